The molecule has 3 rings (SSSR count). The molecule has 2 aromatic carbocycles. The highest BCUT2D eigenvalue weighted by Crippen LogP contribution is 2.34. The first-order chi connectivity index (χ1) is 8.25. The Kier molecular flexibility index (Phi) is 2.34. The zero-order chi connectivity index (χ0) is 11.8. The van der Waals surface area contributed by atoms with Crippen molar-refractivity contribution in [3.8, 4) is 16.9 Å². The van der Waals surface area contributed by atoms with Crippen LogP contribution in [0.1, 0.15) is 0 Å². The summed E-state index contributed by atoms with van der Waals surface area (Å²) in [7, 11) is 0. The number of phenols is 1. The van der Waals surface area contributed by atoms with Gasteiger partial charge in [-0.2, -0.15) is 0 Å². The van der Waals surface area contributed by atoms with Gasteiger partial charge in [0.25, 0.3) is 0 Å². The van der Waals surface area contributed by atoms with E-state index in [-0.39, 0.29) is 5.75 Å². The van der Waals surface area contributed by atoms with E-state index in [2.05, 4.69) is 0 Å². The second-order valence-corrected chi connectivity index (χ2v) is 4.72. The number of phenolic OH excluding ortho intramolecular Hbond substituents is 1. The Bertz CT molecular complexity index is 688. The van der Waals surface area contributed by atoms with Crippen LogP contribution in [0.2, 0.25) is 0 Å². The lowest BCUT2D eigenvalue weighted by molar-refractivity contribution is 0.469. The summed E-state index contributed by atoms with van der Waals surface area (Å²) in [6, 6.07) is 12.1. The SMILES string of the molecule is Oc1ccc(-c2cccc3ccsc23)c(F)c1. The number of fused-ring (bicyclic) bond motifs is 1. The zero-order valence-electron chi connectivity index (χ0n) is 8.85. The maximum absolute atomic E-state index is 13.8. The van der Waals surface area contributed by atoms with Gasteiger partial charge in [-0.3, -0.25) is 0 Å². The van der Waals surface area contributed by atoms with Crippen molar-refractivity contribution < 1.29 is 9.50 Å². The third kappa shape index (κ3) is 1.68. The quantitative estimate of drug-likeness (QED) is 0.672. The van der Waals surface area contributed by atoms with Crippen molar-refractivity contribution in [3.05, 3.63) is 53.7 Å². The molecule has 0 radical (unpaired) electrons. The van der Waals surface area contributed by atoms with Crippen LogP contribution in [-0.2, 0) is 0 Å². The number of aromatic hydroxyl groups is 1. The largest absolute Gasteiger partial charge is 0.508 e. The van der Waals surface area contributed by atoms with Crippen LogP contribution >= 0.6 is 11.3 Å². The molecule has 17 heavy (non-hydrogen) atoms. The van der Waals surface area contributed by atoms with Gasteiger partial charge in [0, 0.05) is 21.9 Å². The van der Waals surface area contributed by atoms with Crippen molar-refractivity contribution in [2.24, 2.45) is 0 Å². The Morgan fingerprint density at radius 1 is 1.00 bits per heavy atom. The van der Waals surface area contributed by atoms with Crippen molar-refractivity contribution in [1.29, 1.82) is 0 Å². The molecule has 0 saturated carbocycles. The van der Waals surface area contributed by atoms with Gasteiger partial charge in [0.1, 0.15) is 11.6 Å². The molecule has 1 heterocycles. The van der Waals surface area contributed by atoms with Crippen molar-refractivity contribution >= 4 is 21.4 Å². The number of halogens is 1. The van der Waals surface area contributed by atoms with Gasteiger partial charge in [0.15, 0.2) is 0 Å². The fourth-order valence-corrected chi connectivity index (χ4v) is 2.86. The maximum Gasteiger partial charge on any atom is 0.134 e. The lowest BCUT2D eigenvalue weighted by Crippen LogP contribution is -1.84. The van der Waals surface area contributed by atoms with Gasteiger partial charge in [0.2, 0.25) is 0 Å². The lowest BCUT2D eigenvalue weighted by Gasteiger charge is -2.05. The van der Waals surface area contributed by atoms with E-state index in [0.717, 1.165) is 21.7 Å². The molecule has 84 valence electrons. The van der Waals surface area contributed by atoms with E-state index in [9.17, 15) is 9.50 Å². The van der Waals surface area contributed by atoms with Gasteiger partial charge >= 0.3 is 0 Å². The molecule has 0 atom stereocenters. The highest BCUT2D eigenvalue weighted by atomic mass is 32.1. The monoisotopic (exact) mass is 244 g/mol. The highest BCUT2D eigenvalue weighted by Gasteiger charge is 2.09. The van der Waals surface area contributed by atoms with Crippen molar-refractivity contribution in [3.63, 3.8) is 0 Å². The first-order valence-corrected chi connectivity index (χ1v) is 6.09. The van der Waals surface area contributed by atoms with Gasteiger partial charge in [-0.15, -0.1) is 11.3 Å². The highest BCUT2D eigenvalue weighted by molar-refractivity contribution is 7.17. The molecule has 3 heteroatoms. The van der Waals surface area contributed by atoms with Crippen LogP contribution in [0.15, 0.2) is 47.8 Å². The van der Waals surface area contributed by atoms with Crippen LogP contribution in [0, 0.1) is 5.82 Å². The predicted octanol–water partition coefficient (Wildman–Crippen LogP) is 4.41. The van der Waals surface area contributed by atoms with E-state index < -0.39 is 5.82 Å². The molecular formula is C14H9FOS. The summed E-state index contributed by atoms with van der Waals surface area (Å²) in [5.74, 6) is -0.449. The summed E-state index contributed by atoms with van der Waals surface area (Å²) in [4.78, 5) is 0. The number of thiophene rings is 1. The van der Waals surface area contributed by atoms with E-state index in [1.807, 2.05) is 29.6 Å². The molecule has 1 N–H and O–H groups in total. The van der Waals surface area contributed by atoms with Gasteiger partial charge in [-0.05, 0) is 29.0 Å². The summed E-state index contributed by atoms with van der Waals surface area (Å²) >= 11 is 1.59. The Balaban J connectivity index is 2.30. The van der Waals surface area contributed by atoms with Crippen LogP contribution in [0.25, 0.3) is 21.2 Å². The summed E-state index contributed by atoms with van der Waals surface area (Å²) in [6.45, 7) is 0. The maximum atomic E-state index is 13.8. The smallest absolute Gasteiger partial charge is 0.134 e. The Morgan fingerprint density at radius 3 is 2.71 bits per heavy atom. The van der Waals surface area contributed by atoms with E-state index >= 15 is 0 Å². The van der Waals surface area contributed by atoms with Gasteiger partial charge < -0.3 is 5.11 Å². The van der Waals surface area contributed by atoms with E-state index in [1.165, 1.54) is 6.07 Å². The van der Waals surface area contributed by atoms with Crippen LogP contribution < -0.4 is 0 Å². The number of rotatable bonds is 1. The molecule has 0 aliphatic rings. The molecule has 1 aromatic heterocycles. The topological polar surface area (TPSA) is 20.2 Å². The Morgan fingerprint density at radius 2 is 1.88 bits per heavy atom. The molecule has 0 aliphatic carbocycles. The molecule has 0 saturated heterocycles. The van der Waals surface area contributed by atoms with Gasteiger partial charge in [-0.1, -0.05) is 18.2 Å². The van der Waals surface area contributed by atoms with Gasteiger partial charge in [0.05, 0.1) is 0 Å². The molecule has 1 nitrogen and oxygen atoms in total. The molecule has 0 fully saturated rings. The second-order valence-electron chi connectivity index (χ2n) is 3.81. The normalized spacial score (nSPS) is 10.9. The third-order valence-corrected chi connectivity index (χ3v) is 3.69. The summed E-state index contributed by atoms with van der Waals surface area (Å²) in [5, 5.41) is 12.3. The van der Waals surface area contributed by atoms with E-state index in [4.69, 9.17) is 0 Å². The minimum Gasteiger partial charge on any atom is -0.508 e. The van der Waals surface area contributed by atoms with Crippen molar-refractivity contribution in [2.45, 2.75) is 0 Å². The van der Waals surface area contributed by atoms with Crippen LogP contribution in [0.4, 0.5) is 4.39 Å². The fourth-order valence-electron chi connectivity index (χ4n) is 1.93. The molecule has 3 aromatic rings. The molecule has 0 spiro atoms. The average Bonchev–Trinajstić information content (AvgIpc) is 2.77. The van der Waals surface area contributed by atoms with Crippen molar-refractivity contribution in [2.75, 3.05) is 0 Å². The van der Waals surface area contributed by atoms with Crippen molar-refractivity contribution in [1.82, 2.24) is 0 Å². The summed E-state index contributed by atoms with van der Waals surface area (Å²) < 4.78 is 14.9. The van der Waals surface area contributed by atoms with Crippen LogP contribution in [0.3, 0.4) is 0 Å². The molecule has 0 aliphatic heterocycles. The minimum absolute atomic E-state index is 0.0513. The molecule has 0 amide bonds. The first-order valence-electron chi connectivity index (χ1n) is 5.21. The van der Waals surface area contributed by atoms with Crippen LogP contribution in [0.5, 0.6) is 5.75 Å². The Labute approximate surface area is 102 Å². The summed E-state index contributed by atoms with van der Waals surface area (Å²) in [6.07, 6.45) is 0. The molecular weight excluding hydrogens is 235 g/mol. The van der Waals surface area contributed by atoms with E-state index in [1.54, 1.807) is 17.4 Å². The summed E-state index contributed by atoms with van der Waals surface area (Å²) in [5.41, 5.74) is 1.39. The predicted molar refractivity (Wildman–Crippen MR) is 68.9 cm³/mol. The Hall–Kier alpha value is -1.87. The average molecular weight is 244 g/mol. The standard InChI is InChI=1S/C14H9FOS/c15-13-8-10(16)4-5-11(13)12-3-1-2-9-6-7-17-14(9)12/h1-8,16H. The third-order valence-electron chi connectivity index (χ3n) is 2.72. The van der Waals surface area contributed by atoms with Gasteiger partial charge in [-0.25, -0.2) is 4.39 Å². The van der Waals surface area contributed by atoms with Crippen LogP contribution in [-0.4, -0.2) is 5.11 Å². The number of hydrogen-bond donors (Lipinski definition) is 1. The lowest BCUT2D eigenvalue weighted by atomic mass is 10.0. The number of benzene rings is 2. The second kappa shape index (κ2) is 3.86. The first kappa shape index (κ1) is 10.3. The minimum atomic E-state index is -0.397. The molecule has 0 unspecified atom stereocenters. The zero-order valence-corrected chi connectivity index (χ0v) is 9.67. The fraction of sp³-hybridized carbons (Fsp3) is 0. The van der Waals surface area contributed by atoms with E-state index in [0.29, 0.717) is 5.56 Å². The number of hydrogen-bond acceptors (Lipinski definition) is 2. The molecule has 0 bridgehead atoms.